The molecular formula is C15H15N3O2. The van der Waals surface area contributed by atoms with Crippen LogP contribution in [0.25, 0.3) is 10.9 Å². The van der Waals surface area contributed by atoms with Crippen molar-refractivity contribution in [3.05, 3.63) is 47.2 Å². The summed E-state index contributed by atoms with van der Waals surface area (Å²) in [6.45, 7) is 6.02. The summed E-state index contributed by atoms with van der Waals surface area (Å²) in [5.41, 5.74) is 2.94. The van der Waals surface area contributed by atoms with Gasteiger partial charge in [-0.15, -0.1) is 0 Å². The Hall–Kier alpha value is -2.43. The van der Waals surface area contributed by atoms with Crippen LogP contribution in [0.1, 0.15) is 23.0 Å². The highest BCUT2D eigenvalue weighted by Crippen LogP contribution is 2.26. The number of ether oxygens (including phenoxy) is 1. The molecule has 0 saturated carbocycles. The van der Waals surface area contributed by atoms with Gasteiger partial charge in [0.1, 0.15) is 11.3 Å². The van der Waals surface area contributed by atoms with E-state index in [1.54, 1.807) is 6.92 Å². The van der Waals surface area contributed by atoms with Gasteiger partial charge in [0.15, 0.2) is 12.4 Å². The molecule has 102 valence electrons. The molecule has 3 aromatic rings. The smallest absolute Gasteiger partial charge is 0.264 e. The molecule has 2 heterocycles. The molecule has 5 heteroatoms. The highest BCUT2D eigenvalue weighted by Gasteiger charge is 2.09. The van der Waals surface area contributed by atoms with Gasteiger partial charge in [0.25, 0.3) is 5.89 Å². The van der Waals surface area contributed by atoms with Crippen molar-refractivity contribution in [2.24, 2.45) is 0 Å². The zero-order valence-corrected chi connectivity index (χ0v) is 11.7. The third-order valence-electron chi connectivity index (χ3n) is 2.96. The van der Waals surface area contributed by atoms with Crippen LogP contribution in [0, 0.1) is 20.8 Å². The molecule has 5 nitrogen and oxygen atoms in total. The lowest BCUT2D eigenvalue weighted by molar-refractivity contribution is 0.244. The van der Waals surface area contributed by atoms with Crippen LogP contribution in [0.15, 0.2) is 28.8 Å². The summed E-state index contributed by atoms with van der Waals surface area (Å²) >= 11 is 0. The molecule has 2 aromatic heterocycles. The number of fused-ring (bicyclic) bond motifs is 1. The number of aryl methyl sites for hydroxylation is 3. The van der Waals surface area contributed by atoms with Crippen molar-refractivity contribution in [3.8, 4) is 5.75 Å². The maximum atomic E-state index is 5.80. The lowest BCUT2D eigenvalue weighted by atomic mass is 10.1. The molecule has 0 unspecified atom stereocenters. The normalized spacial score (nSPS) is 10.9. The maximum Gasteiger partial charge on any atom is 0.264 e. The molecule has 0 amide bonds. The maximum absolute atomic E-state index is 5.80. The molecule has 0 N–H and O–H groups in total. The van der Waals surface area contributed by atoms with E-state index in [1.807, 2.05) is 32.0 Å². The quantitative estimate of drug-likeness (QED) is 0.731. The van der Waals surface area contributed by atoms with Crippen LogP contribution in [-0.4, -0.2) is 15.1 Å². The summed E-state index contributed by atoms with van der Waals surface area (Å²) < 4.78 is 10.8. The first kappa shape index (κ1) is 12.6. The third-order valence-corrected chi connectivity index (χ3v) is 2.96. The molecule has 3 rings (SSSR count). The minimum Gasteiger partial charge on any atom is -0.481 e. The molecular weight excluding hydrogens is 254 g/mol. The van der Waals surface area contributed by atoms with E-state index in [2.05, 4.69) is 21.2 Å². The van der Waals surface area contributed by atoms with E-state index in [0.717, 1.165) is 27.9 Å². The number of hydrogen-bond donors (Lipinski definition) is 0. The van der Waals surface area contributed by atoms with Crippen molar-refractivity contribution >= 4 is 10.9 Å². The Morgan fingerprint density at radius 1 is 1.10 bits per heavy atom. The molecule has 0 saturated heterocycles. The lowest BCUT2D eigenvalue weighted by Crippen LogP contribution is -1.98. The first-order chi connectivity index (χ1) is 9.61. The van der Waals surface area contributed by atoms with Gasteiger partial charge in [0.2, 0.25) is 0 Å². The Labute approximate surface area is 116 Å². The Balaban J connectivity index is 1.95. The predicted molar refractivity (Wildman–Crippen MR) is 74.6 cm³/mol. The number of pyridine rings is 1. The number of aromatic nitrogens is 3. The van der Waals surface area contributed by atoms with Gasteiger partial charge in [-0.05, 0) is 44.5 Å². The predicted octanol–water partition coefficient (Wildman–Crippen LogP) is 3.12. The minimum absolute atomic E-state index is 0.245. The number of benzene rings is 1. The topological polar surface area (TPSA) is 61.0 Å². The van der Waals surface area contributed by atoms with Gasteiger partial charge >= 0.3 is 0 Å². The molecule has 0 fully saturated rings. The van der Waals surface area contributed by atoms with Gasteiger partial charge in [-0.3, -0.25) is 0 Å². The monoisotopic (exact) mass is 269 g/mol. The molecule has 0 spiro atoms. The van der Waals surface area contributed by atoms with E-state index in [4.69, 9.17) is 9.26 Å². The standard InChI is InChI=1S/C15H15N3O2/c1-9-6-12-5-4-10(2)16-15(12)13(7-9)19-8-14-17-11(3)18-20-14/h4-7H,8H2,1-3H3. The lowest BCUT2D eigenvalue weighted by Gasteiger charge is -2.09. The van der Waals surface area contributed by atoms with Crippen molar-refractivity contribution in [2.75, 3.05) is 0 Å². The largest absolute Gasteiger partial charge is 0.481 e. The SMILES string of the molecule is Cc1cc(OCc2nc(C)no2)c2nc(C)ccc2c1. The number of nitrogens with zero attached hydrogens (tertiary/aromatic N) is 3. The Kier molecular flexibility index (Phi) is 3.10. The highest BCUT2D eigenvalue weighted by atomic mass is 16.5. The van der Waals surface area contributed by atoms with Gasteiger partial charge in [0.05, 0.1) is 0 Å². The van der Waals surface area contributed by atoms with Gasteiger partial charge in [-0.2, -0.15) is 4.98 Å². The molecule has 0 aliphatic carbocycles. The molecule has 0 bridgehead atoms. The summed E-state index contributed by atoms with van der Waals surface area (Å²) in [7, 11) is 0. The van der Waals surface area contributed by atoms with Crippen molar-refractivity contribution in [1.29, 1.82) is 0 Å². The average molecular weight is 269 g/mol. The highest BCUT2D eigenvalue weighted by molar-refractivity contribution is 5.85. The second-order valence-electron chi connectivity index (χ2n) is 4.81. The van der Waals surface area contributed by atoms with E-state index in [1.165, 1.54) is 0 Å². The molecule has 0 radical (unpaired) electrons. The van der Waals surface area contributed by atoms with Crippen LogP contribution in [0.5, 0.6) is 5.75 Å². The van der Waals surface area contributed by atoms with Crippen LogP contribution in [0.4, 0.5) is 0 Å². The first-order valence-corrected chi connectivity index (χ1v) is 6.42. The number of hydrogen-bond acceptors (Lipinski definition) is 5. The van der Waals surface area contributed by atoms with E-state index in [-0.39, 0.29) is 6.61 Å². The van der Waals surface area contributed by atoms with E-state index in [9.17, 15) is 0 Å². The Morgan fingerprint density at radius 2 is 1.95 bits per heavy atom. The summed E-state index contributed by atoms with van der Waals surface area (Å²) in [5.74, 6) is 1.80. The fourth-order valence-electron chi connectivity index (χ4n) is 2.09. The zero-order valence-electron chi connectivity index (χ0n) is 11.7. The summed E-state index contributed by atoms with van der Waals surface area (Å²) in [4.78, 5) is 8.67. The van der Waals surface area contributed by atoms with Crippen LogP contribution >= 0.6 is 0 Å². The van der Waals surface area contributed by atoms with Gasteiger partial charge in [-0.25, -0.2) is 4.98 Å². The van der Waals surface area contributed by atoms with Gasteiger partial charge in [0, 0.05) is 11.1 Å². The summed E-state index contributed by atoms with van der Waals surface area (Å²) in [5, 5.41) is 4.80. The molecule has 1 aromatic carbocycles. The van der Waals surface area contributed by atoms with E-state index in [0.29, 0.717) is 11.7 Å². The van der Waals surface area contributed by atoms with Crippen LogP contribution in [0.2, 0.25) is 0 Å². The molecule has 20 heavy (non-hydrogen) atoms. The van der Waals surface area contributed by atoms with Gasteiger partial charge < -0.3 is 9.26 Å². The Bertz CT molecular complexity index is 765. The van der Waals surface area contributed by atoms with Crippen LogP contribution in [-0.2, 0) is 6.61 Å². The second kappa shape index (κ2) is 4.92. The van der Waals surface area contributed by atoms with E-state index >= 15 is 0 Å². The number of rotatable bonds is 3. The fraction of sp³-hybridized carbons (Fsp3) is 0.267. The minimum atomic E-state index is 0.245. The fourth-order valence-corrected chi connectivity index (χ4v) is 2.09. The van der Waals surface area contributed by atoms with E-state index < -0.39 is 0 Å². The van der Waals surface area contributed by atoms with Crippen molar-refractivity contribution in [2.45, 2.75) is 27.4 Å². The average Bonchev–Trinajstić information content (AvgIpc) is 2.82. The Morgan fingerprint density at radius 3 is 2.70 bits per heavy atom. The van der Waals surface area contributed by atoms with Crippen molar-refractivity contribution < 1.29 is 9.26 Å². The van der Waals surface area contributed by atoms with Crippen LogP contribution < -0.4 is 4.74 Å². The summed E-state index contributed by atoms with van der Waals surface area (Å²) in [6.07, 6.45) is 0. The van der Waals surface area contributed by atoms with Gasteiger partial charge in [-0.1, -0.05) is 11.2 Å². The molecule has 0 aliphatic rings. The zero-order chi connectivity index (χ0) is 14.1. The van der Waals surface area contributed by atoms with Crippen molar-refractivity contribution in [1.82, 2.24) is 15.1 Å². The van der Waals surface area contributed by atoms with Crippen molar-refractivity contribution in [3.63, 3.8) is 0 Å². The summed E-state index contributed by atoms with van der Waals surface area (Å²) in [6, 6.07) is 8.10. The third kappa shape index (κ3) is 2.47. The molecule has 0 atom stereocenters. The van der Waals surface area contributed by atoms with Crippen LogP contribution in [0.3, 0.4) is 0 Å². The second-order valence-corrected chi connectivity index (χ2v) is 4.81. The first-order valence-electron chi connectivity index (χ1n) is 6.42. The molecule has 0 aliphatic heterocycles.